The molecule has 4 heteroatoms. The van der Waals surface area contributed by atoms with Crippen LogP contribution in [0.5, 0.6) is 0 Å². The number of hydrogen-bond donors (Lipinski definition) is 1. The van der Waals surface area contributed by atoms with Crippen LogP contribution in [0, 0.1) is 5.82 Å². The zero-order chi connectivity index (χ0) is 13.7. The Morgan fingerprint density at radius 2 is 2.21 bits per heavy atom. The first-order chi connectivity index (χ1) is 9.18. The molecule has 1 unspecified atom stereocenters. The van der Waals surface area contributed by atoms with Crippen molar-refractivity contribution < 1.29 is 9.18 Å². The van der Waals surface area contributed by atoms with Gasteiger partial charge in [0.2, 0.25) is 5.91 Å². The molecule has 1 aromatic carbocycles. The van der Waals surface area contributed by atoms with E-state index in [2.05, 4.69) is 5.32 Å². The summed E-state index contributed by atoms with van der Waals surface area (Å²) in [6.45, 7) is 1.47. The van der Waals surface area contributed by atoms with Gasteiger partial charge < -0.3 is 10.2 Å². The third kappa shape index (κ3) is 3.77. The van der Waals surface area contributed by atoms with Gasteiger partial charge in [-0.05, 0) is 37.4 Å². The van der Waals surface area contributed by atoms with Crippen LogP contribution >= 0.6 is 0 Å². The highest BCUT2D eigenvalue weighted by molar-refractivity contribution is 5.81. The van der Waals surface area contributed by atoms with Crippen molar-refractivity contribution in [2.75, 3.05) is 20.1 Å². The number of halogens is 1. The van der Waals surface area contributed by atoms with E-state index >= 15 is 0 Å². The molecule has 0 bridgehead atoms. The molecule has 1 N–H and O–H groups in total. The van der Waals surface area contributed by atoms with E-state index in [4.69, 9.17) is 0 Å². The number of likely N-dealkylation sites (N-methyl/N-ethyl adjacent to an activating group) is 1. The molecule has 0 aliphatic carbocycles. The maximum atomic E-state index is 13.5. The van der Waals surface area contributed by atoms with E-state index < -0.39 is 0 Å². The second-order valence-electron chi connectivity index (χ2n) is 5.10. The molecule has 0 radical (unpaired) electrons. The van der Waals surface area contributed by atoms with Gasteiger partial charge in [0.1, 0.15) is 5.82 Å². The van der Waals surface area contributed by atoms with Crippen LogP contribution in [0.15, 0.2) is 24.3 Å². The monoisotopic (exact) mass is 264 g/mol. The van der Waals surface area contributed by atoms with Crippen molar-refractivity contribution >= 4 is 5.91 Å². The van der Waals surface area contributed by atoms with Crippen LogP contribution in [0.2, 0.25) is 0 Å². The highest BCUT2D eigenvalue weighted by Crippen LogP contribution is 2.11. The predicted molar refractivity (Wildman–Crippen MR) is 73.4 cm³/mol. The molecule has 19 heavy (non-hydrogen) atoms. The van der Waals surface area contributed by atoms with Crippen LogP contribution in [0.1, 0.15) is 24.8 Å². The van der Waals surface area contributed by atoms with Crippen molar-refractivity contribution in [1.82, 2.24) is 10.2 Å². The molecule has 1 amide bonds. The van der Waals surface area contributed by atoms with Crippen molar-refractivity contribution in [3.05, 3.63) is 35.6 Å². The molecule has 1 aliphatic rings. The molecule has 0 saturated carbocycles. The average Bonchev–Trinajstić information content (AvgIpc) is 2.46. The molecule has 3 nitrogen and oxygen atoms in total. The van der Waals surface area contributed by atoms with Gasteiger partial charge in [0.15, 0.2) is 0 Å². The minimum atomic E-state index is -0.195. The van der Waals surface area contributed by atoms with Crippen LogP contribution in [0.4, 0.5) is 4.39 Å². The van der Waals surface area contributed by atoms with Crippen molar-refractivity contribution in [3.63, 3.8) is 0 Å². The first-order valence-electron chi connectivity index (χ1n) is 6.90. The van der Waals surface area contributed by atoms with Gasteiger partial charge in [-0.3, -0.25) is 4.79 Å². The molecule has 104 valence electrons. The van der Waals surface area contributed by atoms with Crippen LogP contribution < -0.4 is 5.32 Å². The Hall–Kier alpha value is -1.42. The third-order valence-corrected chi connectivity index (χ3v) is 3.66. The summed E-state index contributed by atoms with van der Waals surface area (Å²) in [5, 5.41) is 3.24. The Balaban J connectivity index is 1.85. The highest BCUT2D eigenvalue weighted by atomic mass is 19.1. The fraction of sp³-hybridized carbons (Fsp3) is 0.533. The summed E-state index contributed by atoms with van der Waals surface area (Å²) in [6, 6.07) is 6.67. The smallest absolute Gasteiger partial charge is 0.239 e. The van der Waals surface area contributed by atoms with Crippen molar-refractivity contribution in [1.29, 1.82) is 0 Å². The summed E-state index contributed by atoms with van der Waals surface area (Å²) >= 11 is 0. The van der Waals surface area contributed by atoms with E-state index in [1.807, 2.05) is 6.07 Å². The third-order valence-electron chi connectivity index (χ3n) is 3.66. The van der Waals surface area contributed by atoms with Gasteiger partial charge in [-0.2, -0.15) is 0 Å². The lowest BCUT2D eigenvalue weighted by Gasteiger charge is -2.27. The number of hydrogen-bond acceptors (Lipinski definition) is 2. The lowest BCUT2D eigenvalue weighted by Crippen LogP contribution is -2.47. The van der Waals surface area contributed by atoms with Crippen molar-refractivity contribution in [3.8, 4) is 0 Å². The molecule has 2 rings (SSSR count). The summed E-state index contributed by atoms with van der Waals surface area (Å²) in [7, 11) is 1.79. The van der Waals surface area contributed by atoms with E-state index in [9.17, 15) is 9.18 Å². The molecule has 0 spiro atoms. The van der Waals surface area contributed by atoms with Crippen LogP contribution in [-0.4, -0.2) is 37.0 Å². The number of nitrogens with zero attached hydrogens (tertiary/aromatic N) is 1. The van der Waals surface area contributed by atoms with E-state index in [1.165, 1.54) is 6.07 Å². The zero-order valence-corrected chi connectivity index (χ0v) is 11.4. The Kier molecular flexibility index (Phi) is 4.91. The first-order valence-corrected chi connectivity index (χ1v) is 6.90. The topological polar surface area (TPSA) is 32.3 Å². The SMILES string of the molecule is CN(CCc1ccccc1F)C(=O)C1CCCCN1. The quantitative estimate of drug-likeness (QED) is 0.901. The maximum Gasteiger partial charge on any atom is 0.239 e. The minimum absolute atomic E-state index is 0.0561. The summed E-state index contributed by atoms with van der Waals surface area (Å²) in [5.74, 6) is -0.0739. The molecular weight excluding hydrogens is 243 g/mol. The summed E-state index contributed by atoms with van der Waals surface area (Å²) < 4.78 is 13.5. The molecule has 1 fully saturated rings. The second kappa shape index (κ2) is 6.66. The number of piperidine rings is 1. The Bertz CT molecular complexity index is 430. The molecule has 1 atom stereocenters. The minimum Gasteiger partial charge on any atom is -0.344 e. The molecule has 1 heterocycles. The molecule has 1 aliphatic heterocycles. The van der Waals surface area contributed by atoms with E-state index in [1.54, 1.807) is 24.1 Å². The molecule has 1 saturated heterocycles. The highest BCUT2D eigenvalue weighted by Gasteiger charge is 2.23. The van der Waals surface area contributed by atoms with E-state index in [-0.39, 0.29) is 17.8 Å². The fourth-order valence-electron chi connectivity index (χ4n) is 2.43. The standard InChI is InChI=1S/C15H21FN2O/c1-18(15(19)14-8-4-5-10-17-14)11-9-12-6-2-3-7-13(12)16/h2-3,6-7,14,17H,4-5,8-11H2,1H3. The summed E-state index contributed by atoms with van der Waals surface area (Å²) in [6.07, 6.45) is 3.71. The Morgan fingerprint density at radius 1 is 1.42 bits per heavy atom. The summed E-state index contributed by atoms with van der Waals surface area (Å²) in [5.41, 5.74) is 0.666. The van der Waals surface area contributed by atoms with Gasteiger partial charge in [0.05, 0.1) is 6.04 Å². The molecule has 1 aromatic rings. The number of benzene rings is 1. The largest absolute Gasteiger partial charge is 0.344 e. The van der Waals surface area contributed by atoms with Gasteiger partial charge in [-0.1, -0.05) is 24.6 Å². The van der Waals surface area contributed by atoms with Crippen LogP contribution in [-0.2, 0) is 11.2 Å². The predicted octanol–water partition coefficient (Wildman–Crippen LogP) is 1.97. The van der Waals surface area contributed by atoms with Gasteiger partial charge in [0.25, 0.3) is 0 Å². The van der Waals surface area contributed by atoms with Gasteiger partial charge in [-0.15, -0.1) is 0 Å². The number of nitrogens with one attached hydrogen (secondary N) is 1. The fourth-order valence-corrected chi connectivity index (χ4v) is 2.43. The van der Waals surface area contributed by atoms with Crippen molar-refractivity contribution in [2.45, 2.75) is 31.7 Å². The lowest BCUT2D eigenvalue weighted by molar-refractivity contribution is -0.132. The summed E-state index contributed by atoms with van der Waals surface area (Å²) in [4.78, 5) is 13.9. The van der Waals surface area contributed by atoms with Crippen LogP contribution in [0.25, 0.3) is 0 Å². The van der Waals surface area contributed by atoms with Gasteiger partial charge in [0, 0.05) is 13.6 Å². The van der Waals surface area contributed by atoms with Crippen molar-refractivity contribution in [2.24, 2.45) is 0 Å². The number of amides is 1. The lowest BCUT2D eigenvalue weighted by atomic mass is 10.0. The second-order valence-corrected chi connectivity index (χ2v) is 5.10. The average molecular weight is 264 g/mol. The van der Waals surface area contributed by atoms with Gasteiger partial charge >= 0.3 is 0 Å². The van der Waals surface area contributed by atoms with E-state index in [0.717, 1.165) is 25.8 Å². The number of carbonyl (C=O) groups excluding carboxylic acids is 1. The maximum absolute atomic E-state index is 13.5. The zero-order valence-electron chi connectivity index (χ0n) is 11.4. The first kappa shape index (κ1) is 14.0. The van der Waals surface area contributed by atoms with Gasteiger partial charge in [-0.25, -0.2) is 4.39 Å². The van der Waals surface area contributed by atoms with E-state index in [0.29, 0.717) is 18.5 Å². The number of rotatable bonds is 4. The molecular formula is C15H21FN2O. The normalized spacial score (nSPS) is 19.2. The van der Waals surface area contributed by atoms with Crippen LogP contribution in [0.3, 0.4) is 0 Å². The number of carbonyl (C=O) groups is 1. The molecule has 0 aromatic heterocycles. The Morgan fingerprint density at radius 3 is 2.89 bits per heavy atom. The Labute approximate surface area is 113 Å².